The summed E-state index contributed by atoms with van der Waals surface area (Å²) in [6, 6.07) is -5.37. The Morgan fingerprint density at radius 2 is 1.56 bits per heavy atom. The minimum absolute atomic E-state index is 0.0491. The lowest BCUT2D eigenvalue weighted by Gasteiger charge is -2.25. The number of carbonyl (C=O) groups is 6. The van der Waals surface area contributed by atoms with Gasteiger partial charge in [0, 0.05) is 24.7 Å². The summed E-state index contributed by atoms with van der Waals surface area (Å²) in [5, 5.41) is 25.4. The molecule has 0 radical (unpaired) electrons. The van der Waals surface area contributed by atoms with Gasteiger partial charge in [-0.1, -0.05) is 13.8 Å². The van der Waals surface area contributed by atoms with Gasteiger partial charge in [0.1, 0.15) is 18.1 Å². The number of hydrogen-bond donors (Lipinski definition) is 8. The van der Waals surface area contributed by atoms with Crippen LogP contribution in [-0.2, 0) is 35.2 Å². The molecule has 4 atom stereocenters. The number of carboxylic acid groups (broad SMARTS) is 2. The summed E-state index contributed by atoms with van der Waals surface area (Å²) >= 11 is 0. The van der Waals surface area contributed by atoms with E-state index in [9.17, 15) is 39.0 Å². The molecule has 4 amide bonds. The van der Waals surface area contributed by atoms with Crippen LogP contribution in [0.1, 0.15) is 45.2 Å². The Balaban J connectivity index is 2.95. The van der Waals surface area contributed by atoms with Gasteiger partial charge in [0.05, 0.1) is 18.8 Å². The van der Waals surface area contributed by atoms with Gasteiger partial charge in [-0.15, -0.1) is 0 Å². The van der Waals surface area contributed by atoms with Crippen LogP contribution in [0.4, 0.5) is 0 Å². The number of nitrogens with two attached hydrogens (primary N) is 2. The summed E-state index contributed by atoms with van der Waals surface area (Å²) in [5.74, 6) is -6.30. The zero-order valence-corrected chi connectivity index (χ0v) is 20.0. The number of primary amides is 1. The number of carboxylic acids is 2. The molecule has 1 aromatic heterocycles. The third-order valence-corrected chi connectivity index (χ3v) is 4.98. The standard InChI is InChI=1S/C21H33N7O8/c1-10(2)5-14(19(33)26-13(21(35)36)3-4-16(23)29)28-20(34)15(7-17(30)31)27-18(32)12(22)6-11-8-24-9-25-11/h8-10,12-15H,3-7,22H2,1-2H3,(H2,23,29)(H,24,25)(H,26,33)(H,27,32)(H,28,34)(H,30,31)(H,35,36). The molecule has 0 aliphatic heterocycles. The molecule has 0 saturated heterocycles. The molecule has 0 aliphatic carbocycles. The molecule has 0 bridgehead atoms. The minimum atomic E-state index is -1.56. The largest absolute Gasteiger partial charge is 0.481 e. The SMILES string of the molecule is CC(C)CC(NC(=O)C(CC(=O)O)NC(=O)C(N)Cc1cnc[nH]1)C(=O)NC(CCC(N)=O)C(=O)O. The van der Waals surface area contributed by atoms with Crippen LogP contribution in [-0.4, -0.2) is 79.9 Å². The van der Waals surface area contributed by atoms with Crippen LogP contribution in [0.3, 0.4) is 0 Å². The number of imidazole rings is 1. The Kier molecular flexibility index (Phi) is 12.0. The lowest BCUT2D eigenvalue weighted by molar-refractivity contribution is -0.143. The molecule has 0 fully saturated rings. The fourth-order valence-electron chi connectivity index (χ4n) is 3.18. The first-order valence-corrected chi connectivity index (χ1v) is 11.2. The number of nitrogens with one attached hydrogen (secondary N) is 4. The Morgan fingerprint density at radius 3 is 2.06 bits per heavy atom. The van der Waals surface area contributed by atoms with Crippen molar-refractivity contribution in [1.29, 1.82) is 0 Å². The van der Waals surface area contributed by atoms with Gasteiger partial charge in [-0.25, -0.2) is 9.78 Å². The zero-order chi connectivity index (χ0) is 27.4. The van der Waals surface area contributed by atoms with E-state index in [1.165, 1.54) is 12.5 Å². The number of aliphatic carboxylic acids is 2. The fourth-order valence-corrected chi connectivity index (χ4v) is 3.18. The monoisotopic (exact) mass is 511 g/mol. The highest BCUT2D eigenvalue weighted by molar-refractivity contribution is 5.95. The molecule has 0 aliphatic rings. The average Bonchev–Trinajstić information content (AvgIpc) is 3.27. The topological polar surface area (TPSA) is 260 Å². The molecule has 0 aromatic carbocycles. The number of hydrogen-bond acceptors (Lipinski definition) is 8. The van der Waals surface area contributed by atoms with Crippen LogP contribution < -0.4 is 27.4 Å². The second-order valence-electron chi connectivity index (χ2n) is 8.64. The van der Waals surface area contributed by atoms with Crippen LogP contribution in [0.15, 0.2) is 12.5 Å². The summed E-state index contributed by atoms with van der Waals surface area (Å²) in [5.41, 5.74) is 11.4. The van der Waals surface area contributed by atoms with Crippen molar-refractivity contribution in [3.8, 4) is 0 Å². The summed E-state index contributed by atoms with van der Waals surface area (Å²) in [4.78, 5) is 78.5. The molecule has 36 heavy (non-hydrogen) atoms. The van der Waals surface area contributed by atoms with Crippen LogP contribution in [0.2, 0.25) is 0 Å². The molecular formula is C21H33N7O8. The molecule has 15 heteroatoms. The van der Waals surface area contributed by atoms with Crippen LogP contribution in [0, 0.1) is 5.92 Å². The highest BCUT2D eigenvalue weighted by Gasteiger charge is 2.32. The molecule has 1 heterocycles. The molecule has 1 rings (SSSR count). The average molecular weight is 512 g/mol. The van der Waals surface area contributed by atoms with Gasteiger partial charge in [0.25, 0.3) is 0 Å². The predicted molar refractivity (Wildman–Crippen MR) is 124 cm³/mol. The number of rotatable bonds is 16. The van der Waals surface area contributed by atoms with Gasteiger partial charge >= 0.3 is 11.9 Å². The van der Waals surface area contributed by atoms with Crippen LogP contribution >= 0.6 is 0 Å². The van der Waals surface area contributed by atoms with E-state index in [0.29, 0.717) is 5.69 Å². The van der Waals surface area contributed by atoms with Crippen molar-refractivity contribution in [3.63, 3.8) is 0 Å². The molecular weight excluding hydrogens is 478 g/mol. The van der Waals surface area contributed by atoms with Crippen molar-refractivity contribution in [2.45, 2.75) is 70.1 Å². The smallest absolute Gasteiger partial charge is 0.326 e. The van der Waals surface area contributed by atoms with E-state index in [-0.39, 0.29) is 31.6 Å². The molecule has 4 unspecified atom stereocenters. The summed E-state index contributed by atoms with van der Waals surface area (Å²) < 4.78 is 0. The van der Waals surface area contributed by atoms with Gasteiger partial charge in [-0.2, -0.15) is 0 Å². The maximum Gasteiger partial charge on any atom is 0.326 e. The first-order valence-electron chi connectivity index (χ1n) is 11.2. The highest BCUT2D eigenvalue weighted by atomic mass is 16.4. The maximum absolute atomic E-state index is 12.9. The van der Waals surface area contributed by atoms with E-state index in [1.54, 1.807) is 13.8 Å². The number of amides is 4. The van der Waals surface area contributed by atoms with E-state index in [0.717, 1.165) is 0 Å². The van der Waals surface area contributed by atoms with E-state index >= 15 is 0 Å². The maximum atomic E-state index is 12.9. The number of nitrogens with zero attached hydrogens (tertiary/aromatic N) is 1. The van der Waals surface area contributed by atoms with Gasteiger partial charge in [-0.3, -0.25) is 24.0 Å². The lowest BCUT2D eigenvalue weighted by atomic mass is 10.0. The molecule has 0 spiro atoms. The van der Waals surface area contributed by atoms with Crippen molar-refractivity contribution in [3.05, 3.63) is 18.2 Å². The molecule has 200 valence electrons. The van der Waals surface area contributed by atoms with Crippen molar-refractivity contribution >= 4 is 35.6 Å². The predicted octanol–water partition coefficient (Wildman–Crippen LogP) is -2.40. The Labute approximate surface area is 206 Å². The van der Waals surface area contributed by atoms with Gasteiger partial charge in [0.2, 0.25) is 23.6 Å². The van der Waals surface area contributed by atoms with E-state index in [2.05, 4.69) is 25.9 Å². The second-order valence-corrected chi connectivity index (χ2v) is 8.64. The normalized spacial score (nSPS) is 14.2. The first kappa shape index (κ1) is 30.0. The highest BCUT2D eigenvalue weighted by Crippen LogP contribution is 2.08. The van der Waals surface area contributed by atoms with Gasteiger partial charge in [0.15, 0.2) is 0 Å². The van der Waals surface area contributed by atoms with E-state index in [1.807, 2.05) is 0 Å². The van der Waals surface area contributed by atoms with Crippen molar-refractivity contribution < 1.29 is 39.0 Å². The molecule has 10 N–H and O–H groups in total. The third kappa shape index (κ3) is 10.9. The van der Waals surface area contributed by atoms with E-state index < -0.39 is 66.2 Å². The Bertz CT molecular complexity index is 935. The number of H-pyrrole nitrogens is 1. The summed E-state index contributed by atoms with van der Waals surface area (Å²) in [6.07, 6.45) is 1.64. The third-order valence-electron chi connectivity index (χ3n) is 4.98. The van der Waals surface area contributed by atoms with Gasteiger partial charge < -0.3 is 42.6 Å². The minimum Gasteiger partial charge on any atom is -0.481 e. The summed E-state index contributed by atoms with van der Waals surface area (Å²) in [6.45, 7) is 3.50. The molecule has 1 aromatic rings. The zero-order valence-electron chi connectivity index (χ0n) is 20.0. The van der Waals surface area contributed by atoms with Gasteiger partial charge in [-0.05, 0) is 18.8 Å². The van der Waals surface area contributed by atoms with Crippen LogP contribution in [0.25, 0.3) is 0 Å². The molecule has 0 saturated carbocycles. The Hall–Kier alpha value is -4.01. The fraction of sp³-hybridized carbons (Fsp3) is 0.571. The summed E-state index contributed by atoms with van der Waals surface area (Å²) in [7, 11) is 0. The number of aromatic amines is 1. The van der Waals surface area contributed by atoms with Crippen molar-refractivity contribution in [2.24, 2.45) is 17.4 Å². The lowest BCUT2D eigenvalue weighted by Crippen LogP contribution is -2.58. The quantitative estimate of drug-likeness (QED) is 0.117. The first-order chi connectivity index (χ1) is 16.8. The van der Waals surface area contributed by atoms with Crippen molar-refractivity contribution in [1.82, 2.24) is 25.9 Å². The molecule has 15 nitrogen and oxygen atoms in total. The van der Waals surface area contributed by atoms with Crippen molar-refractivity contribution in [2.75, 3.05) is 0 Å². The second kappa shape index (κ2) is 14.4. The van der Waals surface area contributed by atoms with Crippen LogP contribution in [0.5, 0.6) is 0 Å². The number of aromatic nitrogens is 2. The van der Waals surface area contributed by atoms with E-state index in [4.69, 9.17) is 11.5 Å². The number of carbonyl (C=O) groups excluding carboxylic acids is 4. The Morgan fingerprint density at radius 1 is 0.972 bits per heavy atom.